The molecule has 0 radical (unpaired) electrons. The average Bonchev–Trinajstić information content (AvgIpc) is 2.29. The lowest BCUT2D eigenvalue weighted by Crippen LogP contribution is -2.14. The Labute approximate surface area is 90.2 Å². The third-order valence-electron chi connectivity index (χ3n) is 2.16. The molecule has 1 rings (SSSR count). The van der Waals surface area contributed by atoms with Crippen molar-refractivity contribution in [3.8, 4) is 0 Å². The van der Waals surface area contributed by atoms with E-state index < -0.39 is 0 Å². The molecule has 1 aromatic rings. The van der Waals surface area contributed by atoms with Crippen LogP contribution in [0.2, 0.25) is 0 Å². The standard InChI is InChI=1S/C12H17NO2/c1-2-12(14)15-11(8-9-13)10-6-4-3-5-7-10/h3-7,11H,2,8-9,13H2,1H3. The Morgan fingerprint density at radius 1 is 1.40 bits per heavy atom. The van der Waals surface area contributed by atoms with E-state index >= 15 is 0 Å². The van der Waals surface area contributed by atoms with Gasteiger partial charge in [-0.05, 0) is 12.1 Å². The Kier molecular flexibility index (Phi) is 4.84. The lowest BCUT2D eigenvalue weighted by atomic mass is 10.1. The Morgan fingerprint density at radius 2 is 2.07 bits per heavy atom. The zero-order valence-corrected chi connectivity index (χ0v) is 8.98. The van der Waals surface area contributed by atoms with Crippen LogP contribution < -0.4 is 5.73 Å². The van der Waals surface area contributed by atoms with Gasteiger partial charge >= 0.3 is 5.97 Å². The van der Waals surface area contributed by atoms with E-state index in [1.807, 2.05) is 30.3 Å². The highest BCUT2D eigenvalue weighted by atomic mass is 16.5. The first-order valence-corrected chi connectivity index (χ1v) is 5.22. The molecular weight excluding hydrogens is 190 g/mol. The molecule has 0 spiro atoms. The summed E-state index contributed by atoms with van der Waals surface area (Å²) in [6, 6.07) is 9.69. The fourth-order valence-electron chi connectivity index (χ4n) is 1.35. The Hall–Kier alpha value is -1.35. The fraction of sp³-hybridized carbons (Fsp3) is 0.417. The molecule has 15 heavy (non-hydrogen) atoms. The predicted octanol–water partition coefficient (Wildman–Crippen LogP) is 2.03. The van der Waals surface area contributed by atoms with Crippen molar-refractivity contribution < 1.29 is 9.53 Å². The number of hydrogen-bond donors (Lipinski definition) is 1. The van der Waals surface area contributed by atoms with Crippen molar-refractivity contribution in [2.24, 2.45) is 5.73 Å². The summed E-state index contributed by atoms with van der Waals surface area (Å²) < 4.78 is 5.31. The van der Waals surface area contributed by atoms with Crippen LogP contribution in [-0.4, -0.2) is 12.5 Å². The predicted molar refractivity (Wildman–Crippen MR) is 59.2 cm³/mol. The maximum Gasteiger partial charge on any atom is 0.306 e. The monoisotopic (exact) mass is 207 g/mol. The number of benzene rings is 1. The molecule has 3 nitrogen and oxygen atoms in total. The van der Waals surface area contributed by atoms with Crippen molar-refractivity contribution in [1.82, 2.24) is 0 Å². The van der Waals surface area contributed by atoms with Crippen molar-refractivity contribution in [2.75, 3.05) is 6.54 Å². The van der Waals surface area contributed by atoms with Crippen LogP contribution in [0.15, 0.2) is 30.3 Å². The van der Waals surface area contributed by atoms with Crippen LogP contribution in [-0.2, 0) is 9.53 Å². The summed E-state index contributed by atoms with van der Waals surface area (Å²) in [5.41, 5.74) is 6.50. The number of rotatable bonds is 5. The van der Waals surface area contributed by atoms with E-state index in [0.717, 1.165) is 5.56 Å². The zero-order chi connectivity index (χ0) is 11.1. The van der Waals surface area contributed by atoms with Crippen LogP contribution in [0.1, 0.15) is 31.4 Å². The highest BCUT2D eigenvalue weighted by Crippen LogP contribution is 2.20. The van der Waals surface area contributed by atoms with Gasteiger partial charge in [-0.15, -0.1) is 0 Å². The maximum absolute atomic E-state index is 11.2. The van der Waals surface area contributed by atoms with E-state index in [4.69, 9.17) is 10.5 Å². The molecule has 0 fully saturated rings. The molecule has 0 saturated heterocycles. The molecule has 0 amide bonds. The molecule has 1 unspecified atom stereocenters. The molecule has 0 aliphatic rings. The van der Waals surface area contributed by atoms with Crippen molar-refractivity contribution in [2.45, 2.75) is 25.9 Å². The van der Waals surface area contributed by atoms with Crippen LogP contribution in [0, 0.1) is 0 Å². The highest BCUT2D eigenvalue weighted by molar-refractivity contribution is 5.69. The van der Waals surface area contributed by atoms with Crippen molar-refractivity contribution in [3.05, 3.63) is 35.9 Å². The summed E-state index contributed by atoms with van der Waals surface area (Å²) in [6.45, 7) is 2.30. The third-order valence-corrected chi connectivity index (χ3v) is 2.16. The smallest absolute Gasteiger partial charge is 0.306 e. The minimum absolute atomic E-state index is 0.183. The first-order valence-electron chi connectivity index (χ1n) is 5.22. The van der Waals surface area contributed by atoms with E-state index in [0.29, 0.717) is 19.4 Å². The average molecular weight is 207 g/mol. The van der Waals surface area contributed by atoms with Gasteiger partial charge in [0.2, 0.25) is 0 Å². The largest absolute Gasteiger partial charge is 0.457 e. The number of esters is 1. The van der Waals surface area contributed by atoms with Crippen LogP contribution in [0.25, 0.3) is 0 Å². The van der Waals surface area contributed by atoms with E-state index in [2.05, 4.69) is 0 Å². The van der Waals surface area contributed by atoms with Crippen molar-refractivity contribution in [3.63, 3.8) is 0 Å². The molecule has 3 heteroatoms. The zero-order valence-electron chi connectivity index (χ0n) is 8.98. The molecule has 0 aliphatic heterocycles. The van der Waals surface area contributed by atoms with E-state index in [9.17, 15) is 4.79 Å². The Bertz CT molecular complexity index is 298. The lowest BCUT2D eigenvalue weighted by Gasteiger charge is -2.17. The van der Waals surface area contributed by atoms with Gasteiger partial charge in [-0.1, -0.05) is 37.3 Å². The van der Waals surface area contributed by atoms with Gasteiger partial charge in [0.15, 0.2) is 0 Å². The second-order valence-electron chi connectivity index (χ2n) is 3.32. The third kappa shape index (κ3) is 3.72. The molecule has 0 aromatic heterocycles. The molecule has 0 aliphatic carbocycles. The quantitative estimate of drug-likeness (QED) is 0.751. The van der Waals surface area contributed by atoms with E-state index in [1.54, 1.807) is 6.92 Å². The lowest BCUT2D eigenvalue weighted by molar-refractivity contribution is -0.149. The second-order valence-corrected chi connectivity index (χ2v) is 3.32. The molecule has 1 aromatic carbocycles. The van der Waals surface area contributed by atoms with Gasteiger partial charge in [0, 0.05) is 12.8 Å². The molecule has 0 bridgehead atoms. The highest BCUT2D eigenvalue weighted by Gasteiger charge is 2.14. The van der Waals surface area contributed by atoms with Gasteiger partial charge < -0.3 is 10.5 Å². The van der Waals surface area contributed by atoms with Gasteiger partial charge in [0.05, 0.1) is 0 Å². The minimum Gasteiger partial charge on any atom is -0.457 e. The Balaban J connectivity index is 2.70. The van der Waals surface area contributed by atoms with Gasteiger partial charge in [-0.2, -0.15) is 0 Å². The summed E-state index contributed by atoms with van der Waals surface area (Å²) in [5.74, 6) is -0.183. The summed E-state index contributed by atoms with van der Waals surface area (Å²) in [4.78, 5) is 11.2. The van der Waals surface area contributed by atoms with E-state index in [-0.39, 0.29) is 12.1 Å². The second kappa shape index (κ2) is 6.19. The molecular formula is C12H17NO2. The van der Waals surface area contributed by atoms with Crippen LogP contribution in [0.3, 0.4) is 0 Å². The molecule has 2 N–H and O–H groups in total. The first-order chi connectivity index (χ1) is 7.27. The summed E-state index contributed by atoms with van der Waals surface area (Å²) in [5, 5.41) is 0. The first kappa shape index (κ1) is 11.7. The topological polar surface area (TPSA) is 52.3 Å². The van der Waals surface area contributed by atoms with Gasteiger partial charge in [0.25, 0.3) is 0 Å². The SMILES string of the molecule is CCC(=O)OC(CCN)c1ccccc1. The number of nitrogens with two attached hydrogens (primary N) is 1. The summed E-state index contributed by atoms with van der Waals surface area (Å²) in [7, 11) is 0. The fourth-order valence-corrected chi connectivity index (χ4v) is 1.35. The molecule has 0 saturated carbocycles. The number of carbonyl (C=O) groups is 1. The van der Waals surface area contributed by atoms with Crippen LogP contribution in [0.4, 0.5) is 0 Å². The van der Waals surface area contributed by atoms with E-state index in [1.165, 1.54) is 0 Å². The molecule has 0 heterocycles. The number of carbonyl (C=O) groups excluding carboxylic acids is 1. The number of ether oxygens (including phenoxy) is 1. The molecule has 82 valence electrons. The summed E-state index contributed by atoms with van der Waals surface area (Å²) >= 11 is 0. The van der Waals surface area contributed by atoms with Gasteiger partial charge in [-0.3, -0.25) is 4.79 Å². The summed E-state index contributed by atoms with van der Waals surface area (Å²) in [6.07, 6.45) is 0.854. The van der Waals surface area contributed by atoms with Crippen molar-refractivity contribution in [1.29, 1.82) is 0 Å². The van der Waals surface area contributed by atoms with Gasteiger partial charge in [0.1, 0.15) is 6.10 Å². The van der Waals surface area contributed by atoms with Crippen LogP contribution in [0.5, 0.6) is 0 Å². The maximum atomic E-state index is 11.2. The molecule has 1 atom stereocenters. The van der Waals surface area contributed by atoms with Crippen LogP contribution >= 0.6 is 0 Å². The van der Waals surface area contributed by atoms with Gasteiger partial charge in [-0.25, -0.2) is 0 Å². The normalized spacial score (nSPS) is 12.1. The Morgan fingerprint density at radius 3 is 2.60 bits per heavy atom. The van der Waals surface area contributed by atoms with Crippen molar-refractivity contribution >= 4 is 5.97 Å². The minimum atomic E-state index is -0.205. The number of hydrogen-bond acceptors (Lipinski definition) is 3.